The Labute approximate surface area is 310 Å². The van der Waals surface area contributed by atoms with Crippen molar-refractivity contribution in [3.05, 3.63) is 145 Å². The molecule has 0 aliphatic carbocycles. The van der Waals surface area contributed by atoms with E-state index in [0.29, 0.717) is 5.92 Å². The molecule has 0 heterocycles. The van der Waals surface area contributed by atoms with Gasteiger partial charge in [0.1, 0.15) is 0 Å². The van der Waals surface area contributed by atoms with Crippen LogP contribution in [0.4, 0.5) is 0 Å². The van der Waals surface area contributed by atoms with Crippen LogP contribution in [0.3, 0.4) is 0 Å². The van der Waals surface area contributed by atoms with E-state index >= 15 is 0 Å². The van der Waals surface area contributed by atoms with E-state index in [1.165, 1.54) is 101 Å². The molecule has 0 nitrogen and oxygen atoms in total. The van der Waals surface area contributed by atoms with Gasteiger partial charge in [0.2, 0.25) is 0 Å². The minimum atomic E-state index is 0. The molecule has 6 rings (SSSR count). The summed E-state index contributed by atoms with van der Waals surface area (Å²) < 4.78 is 0. The van der Waals surface area contributed by atoms with Gasteiger partial charge in [-0.25, -0.2) is 0 Å². The third-order valence-electron chi connectivity index (χ3n) is 9.10. The van der Waals surface area contributed by atoms with Gasteiger partial charge in [-0.15, -0.1) is 62.5 Å². The molecule has 0 unspecified atom stereocenters. The van der Waals surface area contributed by atoms with E-state index < -0.39 is 0 Å². The number of aryl methyl sites for hydroxylation is 3. The molecule has 0 aliphatic heterocycles. The molecule has 0 spiro atoms. The van der Waals surface area contributed by atoms with Crippen LogP contribution in [0.2, 0.25) is 0 Å². The summed E-state index contributed by atoms with van der Waals surface area (Å²) in [7, 11) is 0. The van der Waals surface area contributed by atoms with Crippen LogP contribution in [-0.4, -0.2) is 6.88 Å². The average molecular weight is 728 g/mol. The van der Waals surface area contributed by atoms with Crippen molar-refractivity contribution in [1.29, 1.82) is 0 Å². The molecular formula is C46H56SiZr-4. The Kier molecular flexibility index (Phi) is 14.4. The van der Waals surface area contributed by atoms with Crippen LogP contribution in [0.5, 0.6) is 0 Å². The van der Waals surface area contributed by atoms with Crippen LogP contribution in [0.15, 0.2) is 97.1 Å². The van der Waals surface area contributed by atoms with E-state index in [0.717, 1.165) is 0 Å². The Bertz CT molecular complexity index is 1910. The molecule has 0 aliphatic rings. The van der Waals surface area contributed by atoms with Gasteiger partial charge in [-0.05, 0) is 45.9 Å². The predicted octanol–water partition coefficient (Wildman–Crippen LogP) is 13.6. The zero-order chi connectivity index (χ0) is 34.0. The number of benzene rings is 4. The quantitative estimate of drug-likeness (QED) is 0.126. The Morgan fingerprint density at radius 2 is 1.12 bits per heavy atom. The molecule has 0 saturated carbocycles. The fraction of sp³-hybridized carbons (Fsp3) is 0.304. The van der Waals surface area contributed by atoms with E-state index in [1.807, 2.05) is 0 Å². The Morgan fingerprint density at radius 3 is 1.62 bits per heavy atom. The predicted molar refractivity (Wildman–Crippen MR) is 214 cm³/mol. The summed E-state index contributed by atoms with van der Waals surface area (Å²) in [6, 6.07) is 36.4. The van der Waals surface area contributed by atoms with E-state index in [-0.39, 0.29) is 25.7 Å². The van der Waals surface area contributed by atoms with Gasteiger partial charge < -0.3 is 14.9 Å². The molecule has 0 aromatic heterocycles. The maximum absolute atomic E-state index is 3.06. The van der Waals surface area contributed by atoms with Crippen molar-refractivity contribution in [2.75, 3.05) is 0 Å². The average Bonchev–Trinajstić information content (AvgIpc) is 3.62. The first kappa shape index (κ1) is 41.4. The van der Waals surface area contributed by atoms with Crippen LogP contribution in [0.25, 0.3) is 43.8 Å². The van der Waals surface area contributed by atoms with Gasteiger partial charge >= 0.3 is 30.2 Å². The van der Waals surface area contributed by atoms with E-state index in [9.17, 15) is 0 Å². The van der Waals surface area contributed by atoms with Crippen molar-refractivity contribution in [1.82, 2.24) is 0 Å². The topological polar surface area (TPSA) is 0 Å². The minimum absolute atomic E-state index is 0. The van der Waals surface area contributed by atoms with Gasteiger partial charge in [0.15, 0.2) is 0 Å². The van der Waals surface area contributed by atoms with Crippen LogP contribution >= 0.6 is 0 Å². The maximum atomic E-state index is 3.06. The monoisotopic (exact) mass is 726 g/mol. The molecule has 0 amide bonds. The van der Waals surface area contributed by atoms with Gasteiger partial charge in [-0.1, -0.05) is 147 Å². The number of rotatable bonds is 3. The molecule has 6 aromatic rings. The third kappa shape index (κ3) is 9.25. The summed E-state index contributed by atoms with van der Waals surface area (Å²) in [4.78, 5) is 0. The van der Waals surface area contributed by atoms with E-state index in [4.69, 9.17) is 0 Å². The van der Waals surface area contributed by atoms with E-state index in [2.05, 4.69) is 180 Å². The first-order valence-electron chi connectivity index (χ1n) is 16.5. The third-order valence-corrected chi connectivity index (χ3v) is 9.10. The van der Waals surface area contributed by atoms with Gasteiger partial charge in [-0.3, -0.25) is 0 Å². The fourth-order valence-corrected chi connectivity index (χ4v) is 6.39. The first-order chi connectivity index (χ1) is 21.6. The standard InChI is InChI=1S/2C22H25.2CH3.Si.Zr/c1-14-11-19-15(2)13-16(3)21(20(19)12-14)17-7-9-18(10-8-17)22(4,5)6;1-15(2)18-13-17-7-6-8-20(21(17)14-18)16-9-11-19(12-10-16)22(3,4)5;;;;/h7-13H,1-6H3;6-15H,1-5H3;2*1H3;;/q4*-1;;. The molecule has 0 N–H and O–H groups in total. The Balaban J connectivity index is 0.000000305. The second-order valence-electron chi connectivity index (χ2n) is 15.2. The second-order valence-corrected chi connectivity index (χ2v) is 15.2. The number of hydrogen-bond donors (Lipinski definition) is 0. The summed E-state index contributed by atoms with van der Waals surface area (Å²) in [6.45, 7) is 27.8. The summed E-state index contributed by atoms with van der Waals surface area (Å²) in [5.41, 5.74) is 14.0. The molecule has 0 saturated heterocycles. The van der Waals surface area contributed by atoms with Crippen molar-refractivity contribution in [3.63, 3.8) is 0 Å². The zero-order valence-electron chi connectivity index (χ0n) is 31.8. The van der Waals surface area contributed by atoms with Crippen LogP contribution in [0, 0.1) is 35.6 Å². The molecule has 2 heteroatoms. The summed E-state index contributed by atoms with van der Waals surface area (Å²) >= 11 is 1.36. The molecule has 0 atom stereocenters. The molecule has 0 bridgehead atoms. The van der Waals surface area contributed by atoms with Crippen molar-refractivity contribution < 1.29 is 23.3 Å². The summed E-state index contributed by atoms with van der Waals surface area (Å²) in [6.07, 6.45) is 0. The van der Waals surface area contributed by atoms with Gasteiger partial charge in [0.05, 0.1) is 0 Å². The molecule has 0 fully saturated rings. The summed E-state index contributed by atoms with van der Waals surface area (Å²) in [5, 5.41) is 5.49. The summed E-state index contributed by atoms with van der Waals surface area (Å²) in [5.74, 6) is 0.573. The van der Waals surface area contributed by atoms with Crippen LogP contribution in [-0.2, 0) is 34.2 Å². The van der Waals surface area contributed by atoms with Crippen LogP contribution < -0.4 is 0 Å². The van der Waals surface area contributed by atoms with Gasteiger partial charge in [-0.2, -0.15) is 12.1 Å². The number of hydrogen-bond acceptors (Lipinski definition) is 0. The SMILES string of the molecule is CC(C)c1cc2c(-c3ccc(C(C)(C)C)cc3)cccc2[cH-]1.Cc1cc2c(-c3ccc(C(C)(C)C)cc3)c(C)cc(C)c2[cH-]1.[CH3-].[CH3-].[Si]=[Zr]. The van der Waals surface area contributed by atoms with Crippen molar-refractivity contribution >= 4 is 28.4 Å². The molecule has 48 heavy (non-hydrogen) atoms. The number of fused-ring (bicyclic) bond motifs is 2. The molecule has 252 valence electrons. The molecule has 2 radical (unpaired) electrons. The normalized spacial score (nSPS) is 11.2. The second kappa shape index (κ2) is 16.7. The molecule has 6 aromatic carbocycles. The first-order valence-corrected chi connectivity index (χ1v) is 20.7. The van der Waals surface area contributed by atoms with Gasteiger partial charge in [0, 0.05) is 0 Å². The zero-order valence-corrected chi connectivity index (χ0v) is 35.3. The fourth-order valence-electron chi connectivity index (χ4n) is 6.39. The Morgan fingerprint density at radius 1 is 0.604 bits per heavy atom. The van der Waals surface area contributed by atoms with Crippen molar-refractivity contribution in [2.45, 2.75) is 92.9 Å². The van der Waals surface area contributed by atoms with Gasteiger partial charge in [0.25, 0.3) is 0 Å². The molecular weight excluding hydrogens is 672 g/mol. The Hall–Kier alpha value is -2.80. The van der Waals surface area contributed by atoms with Crippen molar-refractivity contribution in [2.24, 2.45) is 0 Å². The van der Waals surface area contributed by atoms with E-state index in [1.54, 1.807) is 0 Å². The van der Waals surface area contributed by atoms with Crippen molar-refractivity contribution in [3.8, 4) is 22.3 Å². The van der Waals surface area contributed by atoms with Crippen LogP contribution in [0.1, 0.15) is 94.7 Å².